The van der Waals surface area contributed by atoms with Gasteiger partial charge in [0.15, 0.2) is 0 Å². The molecule has 4 rings (SSSR count). The number of hydrogen-bond acceptors (Lipinski definition) is 5. The van der Waals surface area contributed by atoms with E-state index >= 15 is 0 Å². The van der Waals surface area contributed by atoms with Crippen LogP contribution in [0.3, 0.4) is 0 Å². The van der Waals surface area contributed by atoms with Gasteiger partial charge < -0.3 is 14.5 Å². The van der Waals surface area contributed by atoms with Crippen molar-refractivity contribution in [2.45, 2.75) is 32.7 Å². The van der Waals surface area contributed by atoms with Gasteiger partial charge in [-0.1, -0.05) is 0 Å². The van der Waals surface area contributed by atoms with Gasteiger partial charge in [0.05, 0.1) is 35.6 Å². The largest absolute Gasteiger partial charge is 0.378 e. The van der Waals surface area contributed by atoms with Crippen molar-refractivity contribution in [3.05, 3.63) is 35.2 Å². The van der Waals surface area contributed by atoms with E-state index in [9.17, 15) is 9.59 Å². The van der Waals surface area contributed by atoms with Crippen LogP contribution in [0.15, 0.2) is 18.2 Å². The van der Waals surface area contributed by atoms with Crippen LogP contribution in [-0.4, -0.2) is 70.5 Å². The Morgan fingerprint density at radius 1 is 1.04 bits per heavy atom. The lowest BCUT2D eigenvalue weighted by Crippen LogP contribution is -2.51. The van der Waals surface area contributed by atoms with Gasteiger partial charge in [0.25, 0.3) is 5.91 Å². The SMILES string of the molecule is Cc1nc2ccc(C(=O)N3CCC[C@H]3C(=O)N3CCOCC3)cc2nc1C. The first-order valence-electron chi connectivity index (χ1n) is 9.47. The molecule has 0 N–H and O–H groups in total. The molecule has 1 atom stereocenters. The van der Waals surface area contributed by atoms with E-state index in [-0.39, 0.29) is 17.9 Å². The van der Waals surface area contributed by atoms with Crippen LogP contribution in [0.1, 0.15) is 34.6 Å². The summed E-state index contributed by atoms with van der Waals surface area (Å²) in [6.45, 7) is 6.77. The topological polar surface area (TPSA) is 75.6 Å². The van der Waals surface area contributed by atoms with Crippen LogP contribution in [-0.2, 0) is 9.53 Å². The lowest BCUT2D eigenvalue weighted by molar-refractivity contribution is -0.139. The first-order chi connectivity index (χ1) is 13.0. The number of ether oxygens (including phenoxy) is 1. The van der Waals surface area contributed by atoms with E-state index in [2.05, 4.69) is 9.97 Å². The maximum Gasteiger partial charge on any atom is 0.254 e. The van der Waals surface area contributed by atoms with Crippen LogP contribution in [0.5, 0.6) is 0 Å². The number of carbonyl (C=O) groups is 2. The van der Waals surface area contributed by atoms with Gasteiger partial charge in [-0.05, 0) is 44.9 Å². The number of aryl methyl sites for hydroxylation is 2. The van der Waals surface area contributed by atoms with Gasteiger partial charge in [0.1, 0.15) is 6.04 Å². The monoisotopic (exact) mass is 368 g/mol. The third kappa shape index (κ3) is 3.39. The molecule has 7 nitrogen and oxygen atoms in total. The molecule has 0 spiro atoms. The second kappa shape index (κ2) is 7.23. The maximum atomic E-state index is 13.1. The third-order valence-electron chi connectivity index (χ3n) is 5.44. The lowest BCUT2D eigenvalue weighted by atomic mass is 10.1. The normalized spacial score (nSPS) is 20.3. The van der Waals surface area contributed by atoms with Gasteiger partial charge in [0, 0.05) is 25.2 Å². The zero-order chi connectivity index (χ0) is 19.0. The zero-order valence-corrected chi connectivity index (χ0v) is 15.8. The van der Waals surface area contributed by atoms with Gasteiger partial charge in [-0.2, -0.15) is 0 Å². The Kier molecular flexibility index (Phi) is 4.78. The second-order valence-corrected chi connectivity index (χ2v) is 7.19. The highest BCUT2D eigenvalue weighted by Gasteiger charge is 2.37. The number of morpholine rings is 1. The summed E-state index contributed by atoms with van der Waals surface area (Å²) in [5.41, 5.74) is 3.78. The molecule has 2 aliphatic heterocycles. The summed E-state index contributed by atoms with van der Waals surface area (Å²) >= 11 is 0. The van der Waals surface area contributed by atoms with Crippen molar-refractivity contribution >= 4 is 22.8 Å². The smallest absolute Gasteiger partial charge is 0.254 e. The fourth-order valence-electron chi connectivity index (χ4n) is 3.79. The van der Waals surface area contributed by atoms with Crippen molar-refractivity contribution in [1.82, 2.24) is 19.8 Å². The highest BCUT2D eigenvalue weighted by atomic mass is 16.5. The summed E-state index contributed by atoms with van der Waals surface area (Å²) < 4.78 is 5.33. The fraction of sp³-hybridized carbons (Fsp3) is 0.500. The minimum absolute atomic E-state index is 0.0381. The quantitative estimate of drug-likeness (QED) is 0.807. The number of nitrogens with zero attached hydrogens (tertiary/aromatic N) is 4. The Morgan fingerprint density at radius 3 is 2.48 bits per heavy atom. The van der Waals surface area contributed by atoms with Gasteiger partial charge >= 0.3 is 0 Å². The number of amides is 2. The lowest BCUT2D eigenvalue weighted by Gasteiger charge is -2.32. The average Bonchev–Trinajstić information content (AvgIpc) is 3.18. The minimum Gasteiger partial charge on any atom is -0.378 e. The first-order valence-corrected chi connectivity index (χ1v) is 9.47. The molecule has 0 aliphatic carbocycles. The molecule has 0 saturated carbocycles. The average molecular weight is 368 g/mol. The number of carbonyl (C=O) groups excluding carboxylic acids is 2. The molecular formula is C20H24N4O3. The van der Waals surface area contributed by atoms with Gasteiger partial charge in [-0.15, -0.1) is 0 Å². The van der Waals surface area contributed by atoms with Crippen LogP contribution in [0.25, 0.3) is 11.0 Å². The number of rotatable bonds is 2. The van der Waals surface area contributed by atoms with E-state index in [1.807, 2.05) is 24.8 Å². The Balaban J connectivity index is 1.58. The van der Waals surface area contributed by atoms with Crippen molar-refractivity contribution in [3.63, 3.8) is 0 Å². The molecule has 2 amide bonds. The van der Waals surface area contributed by atoms with Crippen molar-refractivity contribution in [3.8, 4) is 0 Å². The Hall–Kier alpha value is -2.54. The van der Waals surface area contributed by atoms with E-state index in [1.165, 1.54) is 0 Å². The molecule has 27 heavy (non-hydrogen) atoms. The molecule has 0 bridgehead atoms. The molecule has 3 heterocycles. The molecule has 2 aromatic rings. The van der Waals surface area contributed by atoms with Crippen molar-refractivity contribution in [1.29, 1.82) is 0 Å². The molecule has 2 aliphatic rings. The maximum absolute atomic E-state index is 13.1. The number of benzene rings is 1. The van der Waals surface area contributed by atoms with Crippen LogP contribution in [0, 0.1) is 13.8 Å². The van der Waals surface area contributed by atoms with Gasteiger partial charge in [-0.3, -0.25) is 9.59 Å². The van der Waals surface area contributed by atoms with E-state index in [1.54, 1.807) is 17.0 Å². The highest BCUT2D eigenvalue weighted by Crippen LogP contribution is 2.24. The van der Waals surface area contributed by atoms with E-state index in [4.69, 9.17) is 4.74 Å². The summed E-state index contributed by atoms with van der Waals surface area (Å²) in [5.74, 6) is -0.0720. The summed E-state index contributed by atoms with van der Waals surface area (Å²) in [7, 11) is 0. The first kappa shape index (κ1) is 17.9. The summed E-state index contributed by atoms with van der Waals surface area (Å²) in [5, 5.41) is 0. The van der Waals surface area contributed by atoms with Gasteiger partial charge in [0.2, 0.25) is 5.91 Å². The van der Waals surface area contributed by atoms with E-state index in [0.717, 1.165) is 23.3 Å². The molecule has 1 aromatic heterocycles. The molecule has 2 saturated heterocycles. The standard InChI is InChI=1S/C20H24N4O3/c1-13-14(2)22-17-12-15(5-6-16(17)21-13)19(25)24-7-3-4-18(24)20(26)23-8-10-27-11-9-23/h5-6,12,18H,3-4,7-11H2,1-2H3/t18-/m0/s1. The predicted octanol–water partition coefficient (Wildman–Crippen LogP) is 1.71. The summed E-state index contributed by atoms with van der Waals surface area (Å²) in [6.07, 6.45) is 1.56. The van der Waals surface area contributed by atoms with Crippen LogP contribution < -0.4 is 0 Å². The Labute approximate surface area is 158 Å². The molecule has 0 radical (unpaired) electrons. The molecule has 142 valence electrons. The molecule has 0 unspecified atom stereocenters. The van der Waals surface area contributed by atoms with E-state index < -0.39 is 0 Å². The third-order valence-corrected chi connectivity index (χ3v) is 5.44. The molecule has 2 fully saturated rings. The second-order valence-electron chi connectivity index (χ2n) is 7.19. The van der Waals surface area contributed by atoms with Crippen molar-refractivity contribution in [2.75, 3.05) is 32.8 Å². The summed E-state index contributed by atoms with van der Waals surface area (Å²) in [4.78, 5) is 38.6. The number of likely N-dealkylation sites (tertiary alicyclic amines) is 1. The number of hydrogen-bond donors (Lipinski definition) is 0. The molecule has 7 heteroatoms. The summed E-state index contributed by atoms with van der Waals surface area (Å²) in [6, 6.07) is 5.02. The minimum atomic E-state index is -0.378. The number of aromatic nitrogens is 2. The van der Waals surface area contributed by atoms with Crippen LogP contribution in [0.4, 0.5) is 0 Å². The zero-order valence-electron chi connectivity index (χ0n) is 15.8. The van der Waals surface area contributed by atoms with Crippen LogP contribution in [0.2, 0.25) is 0 Å². The Morgan fingerprint density at radius 2 is 1.74 bits per heavy atom. The van der Waals surface area contributed by atoms with Crippen LogP contribution >= 0.6 is 0 Å². The molecular weight excluding hydrogens is 344 g/mol. The van der Waals surface area contributed by atoms with Gasteiger partial charge in [-0.25, -0.2) is 9.97 Å². The Bertz CT molecular complexity index is 892. The highest BCUT2D eigenvalue weighted by molar-refractivity contribution is 6.00. The van der Waals surface area contributed by atoms with Crippen molar-refractivity contribution in [2.24, 2.45) is 0 Å². The van der Waals surface area contributed by atoms with Crippen molar-refractivity contribution < 1.29 is 14.3 Å². The van der Waals surface area contributed by atoms with E-state index in [0.29, 0.717) is 50.3 Å². The molecule has 1 aromatic carbocycles. The number of fused-ring (bicyclic) bond motifs is 1. The fourth-order valence-corrected chi connectivity index (χ4v) is 3.79. The predicted molar refractivity (Wildman–Crippen MR) is 100 cm³/mol.